The highest BCUT2D eigenvalue weighted by Gasteiger charge is 2.35. The van der Waals surface area contributed by atoms with Gasteiger partial charge in [-0.2, -0.15) is 0 Å². The Morgan fingerprint density at radius 1 is 0.919 bits per heavy atom. The van der Waals surface area contributed by atoms with Crippen LogP contribution >= 0.6 is 0 Å². The number of methoxy groups -OCH3 is 3. The Morgan fingerprint density at radius 3 is 2.14 bits per heavy atom. The monoisotopic (exact) mass is 500 g/mol. The fraction of sp³-hybridized carbons (Fsp3) is 0.233. The minimum atomic E-state index is -0.555. The summed E-state index contributed by atoms with van der Waals surface area (Å²) in [5.41, 5.74) is 6.27. The van der Waals surface area contributed by atoms with Gasteiger partial charge in [-0.1, -0.05) is 24.3 Å². The molecule has 0 spiro atoms. The second-order valence-corrected chi connectivity index (χ2v) is 9.00. The maximum atomic E-state index is 13.6. The average molecular weight is 501 g/mol. The molecule has 0 heterocycles. The number of para-hydroxylation sites is 1. The van der Waals surface area contributed by atoms with E-state index in [9.17, 15) is 9.90 Å². The zero-order valence-electron chi connectivity index (χ0n) is 22.0. The number of hydrogen-bond donors (Lipinski definition) is 2. The second-order valence-electron chi connectivity index (χ2n) is 9.00. The van der Waals surface area contributed by atoms with Gasteiger partial charge in [0.2, 0.25) is 11.7 Å². The number of ether oxygens (including phenoxy) is 3. The number of nitrogens with zero attached hydrogens (tertiary/aromatic N) is 1. The molecule has 0 aromatic heterocycles. The summed E-state index contributed by atoms with van der Waals surface area (Å²) in [7, 11) is 8.42. The number of carbonyl (C=O) groups excluding carboxylic acids is 1. The van der Waals surface area contributed by atoms with Crippen molar-refractivity contribution in [2.45, 2.75) is 13.0 Å². The van der Waals surface area contributed by atoms with Crippen molar-refractivity contribution < 1.29 is 24.1 Å². The lowest BCUT2D eigenvalue weighted by Gasteiger charge is -2.26. The number of nitrogens with one attached hydrogen (secondary N) is 1. The van der Waals surface area contributed by atoms with Crippen LogP contribution in [0.4, 0.5) is 5.69 Å². The maximum Gasteiger partial charge on any atom is 0.246 e. The molecule has 7 heteroatoms. The van der Waals surface area contributed by atoms with Gasteiger partial charge in [-0.15, -0.1) is 0 Å². The summed E-state index contributed by atoms with van der Waals surface area (Å²) in [6.07, 6.45) is 2.01. The highest BCUT2D eigenvalue weighted by molar-refractivity contribution is 6.13. The van der Waals surface area contributed by atoms with Gasteiger partial charge in [0.15, 0.2) is 11.5 Å². The molecule has 0 bridgehead atoms. The van der Waals surface area contributed by atoms with Crippen molar-refractivity contribution in [3.05, 3.63) is 82.9 Å². The van der Waals surface area contributed by atoms with Crippen molar-refractivity contribution in [1.82, 2.24) is 4.90 Å². The molecule has 3 aromatic carbocycles. The number of anilines is 1. The van der Waals surface area contributed by atoms with Crippen LogP contribution in [0.5, 0.6) is 23.0 Å². The summed E-state index contributed by atoms with van der Waals surface area (Å²) in [6, 6.07) is 18.3. The summed E-state index contributed by atoms with van der Waals surface area (Å²) in [4.78, 5) is 15.5. The SMILES string of the molecule is COc1ccc2c(c1)C(C(C(=O)Nc1ccccc1)N(C)C)=C(C)C2=Cc1cc(OC)c(O)c(OC)c1. The first-order valence-corrected chi connectivity index (χ1v) is 11.9. The van der Waals surface area contributed by atoms with Crippen molar-refractivity contribution >= 4 is 28.8 Å². The van der Waals surface area contributed by atoms with Gasteiger partial charge >= 0.3 is 0 Å². The fourth-order valence-electron chi connectivity index (χ4n) is 4.72. The molecule has 192 valence electrons. The predicted octanol–water partition coefficient (Wildman–Crippen LogP) is 5.31. The first-order valence-electron chi connectivity index (χ1n) is 11.9. The molecule has 0 fully saturated rings. The summed E-state index contributed by atoms with van der Waals surface area (Å²) in [5, 5.41) is 13.4. The van der Waals surface area contributed by atoms with Crippen LogP contribution in [0.2, 0.25) is 0 Å². The Hall–Kier alpha value is -4.23. The third kappa shape index (κ3) is 5.04. The minimum absolute atomic E-state index is 0.0538. The number of allylic oxidation sites excluding steroid dienone is 2. The Labute approximate surface area is 217 Å². The van der Waals surface area contributed by atoms with Gasteiger partial charge < -0.3 is 24.6 Å². The maximum absolute atomic E-state index is 13.6. The van der Waals surface area contributed by atoms with E-state index in [4.69, 9.17) is 14.2 Å². The van der Waals surface area contributed by atoms with Gasteiger partial charge in [-0.3, -0.25) is 9.69 Å². The summed E-state index contributed by atoms with van der Waals surface area (Å²) in [6.45, 7) is 2.02. The third-order valence-electron chi connectivity index (χ3n) is 6.51. The minimum Gasteiger partial charge on any atom is -0.502 e. The van der Waals surface area contributed by atoms with E-state index in [1.165, 1.54) is 14.2 Å². The molecule has 2 N–H and O–H groups in total. The molecule has 4 rings (SSSR count). The standard InChI is InChI=1S/C30H32N2O5/c1-18-23(14-19-15-25(36-5)29(33)26(16-19)37-6)22-13-12-21(35-4)17-24(22)27(18)28(32(2)3)30(34)31-20-10-8-7-9-11-20/h7-17,28,33H,1-6H3,(H,31,34). The van der Waals surface area contributed by atoms with Gasteiger partial charge in [-0.25, -0.2) is 0 Å². The van der Waals surface area contributed by atoms with Crippen LogP contribution in [0.3, 0.4) is 0 Å². The molecular formula is C30H32N2O5. The highest BCUT2D eigenvalue weighted by atomic mass is 16.5. The number of phenolic OH excluding ortho intramolecular Hbond substituents is 1. The zero-order chi connectivity index (χ0) is 26.7. The molecule has 0 saturated carbocycles. The first-order chi connectivity index (χ1) is 17.8. The van der Waals surface area contributed by atoms with Crippen LogP contribution in [0.25, 0.3) is 17.2 Å². The summed E-state index contributed by atoms with van der Waals surface area (Å²) < 4.78 is 16.2. The van der Waals surface area contributed by atoms with E-state index in [2.05, 4.69) is 5.32 Å². The van der Waals surface area contributed by atoms with Crippen LogP contribution in [0, 0.1) is 0 Å². The lowest BCUT2D eigenvalue weighted by Crippen LogP contribution is -2.40. The molecule has 37 heavy (non-hydrogen) atoms. The molecule has 1 aliphatic rings. The number of likely N-dealkylation sites (N-methyl/N-ethyl adjacent to an activating group) is 1. The molecule has 0 radical (unpaired) electrons. The number of phenols is 1. The zero-order valence-corrected chi connectivity index (χ0v) is 22.0. The molecule has 1 aliphatic carbocycles. The Bertz CT molecular complexity index is 1350. The van der Waals surface area contributed by atoms with E-state index >= 15 is 0 Å². The quantitative estimate of drug-likeness (QED) is 0.436. The lowest BCUT2D eigenvalue weighted by molar-refractivity contribution is -0.118. The predicted molar refractivity (Wildman–Crippen MR) is 147 cm³/mol. The van der Waals surface area contributed by atoms with Gasteiger partial charge in [0.1, 0.15) is 11.8 Å². The van der Waals surface area contributed by atoms with E-state index < -0.39 is 6.04 Å². The molecule has 1 atom stereocenters. The van der Waals surface area contributed by atoms with Gasteiger partial charge in [0.05, 0.1) is 21.3 Å². The van der Waals surface area contributed by atoms with Crippen molar-refractivity contribution in [2.24, 2.45) is 0 Å². The Balaban J connectivity index is 1.88. The van der Waals surface area contributed by atoms with Gasteiger partial charge in [0, 0.05) is 5.69 Å². The number of rotatable bonds is 8. The average Bonchev–Trinajstić information content (AvgIpc) is 3.15. The molecule has 0 saturated heterocycles. The van der Waals surface area contributed by atoms with Crippen LogP contribution in [0.15, 0.2) is 66.2 Å². The number of carbonyl (C=O) groups is 1. The Kier molecular flexibility index (Phi) is 7.55. The van der Waals surface area contributed by atoms with Gasteiger partial charge in [-0.05, 0) is 96.9 Å². The van der Waals surface area contributed by atoms with E-state index in [-0.39, 0.29) is 11.7 Å². The highest BCUT2D eigenvalue weighted by Crippen LogP contribution is 2.47. The number of aromatic hydroxyl groups is 1. The molecule has 0 aliphatic heterocycles. The third-order valence-corrected chi connectivity index (χ3v) is 6.51. The van der Waals surface area contributed by atoms with Crippen molar-refractivity contribution in [2.75, 3.05) is 40.7 Å². The van der Waals surface area contributed by atoms with Crippen molar-refractivity contribution in [3.63, 3.8) is 0 Å². The normalized spacial score (nSPS) is 14.5. The molecule has 1 unspecified atom stereocenters. The fourth-order valence-corrected chi connectivity index (χ4v) is 4.72. The second kappa shape index (κ2) is 10.8. The van der Waals surface area contributed by atoms with Gasteiger partial charge in [0.25, 0.3) is 0 Å². The van der Waals surface area contributed by atoms with Crippen LogP contribution < -0.4 is 19.5 Å². The van der Waals surface area contributed by atoms with E-state index in [0.29, 0.717) is 17.2 Å². The topological polar surface area (TPSA) is 80.3 Å². The number of fused-ring (bicyclic) bond motifs is 1. The van der Waals surface area contributed by atoms with E-state index in [1.54, 1.807) is 19.2 Å². The molecular weight excluding hydrogens is 468 g/mol. The Morgan fingerprint density at radius 2 is 1.57 bits per heavy atom. The smallest absolute Gasteiger partial charge is 0.246 e. The molecule has 3 aromatic rings. The summed E-state index contributed by atoms with van der Waals surface area (Å²) >= 11 is 0. The number of benzene rings is 3. The number of hydrogen-bond acceptors (Lipinski definition) is 6. The van der Waals surface area contributed by atoms with Crippen LogP contribution in [-0.4, -0.2) is 57.4 Å². The van der Waals surface area contributed by atoms with E-state index in [0.717, 1.165) is 39.1 Å². The summed E-state index contributed by atoms with van der Waals surface area (Å²) in [5.74, 6) is 1.15. The van der Waals surface area contributed by atoms with Crippen molar-refractivity contribution in [1.29, 1.82) is 0 Å². The molecule has 1 amide bonds. The first kappa shape index (κ1) is 25.9. The van der Waals surface area contributed by atoms with E-state index in [1.807, 2.05) is 80.5 Å². The lowest BCUT2D eigenvalue weighted by atomic mass is 9.96. The largest absolute Gasteiger partial charge is 0.502 e. The van der Waals surface area contributed by atoms with Crippen LogP contribution in [-0.2, 0) is 4.79 Å². The van der Waals surface area contributed by atoms with Crippen LogP contribution in [0.1, 0.15) is 23.6 Å². The number of amides is 1. The van der Waals surface area contributed by atoms with Crippen molar-refractivity contribution in [3.8, 4) is 23.0 Å². The molecule has 7 nitrogen and oxygen atoms in total.